The fourth-order valence-corrected chi connectivity index (χ4v) is 2.98. The zero-order chi connectivity index (χ0) is 18.7. The maximum Gasteiger partial charge on any atom is 0.326 e. The number of nitrogens with zero attached hydrogens (tertiary/aromatic N) is 2. The molecule has 3 rings (SSSR count). The van der Waals surface area contributed by atoms with Gasteiger partial charge in [0.05, 0.1) is 12.0 Å². The first-order valence-electron chi connectivity index (χ1n) is 8.49. The van der Waals surface area contributed by atoms with E-state index in [2.05, 4.69) is 5.32 Å². The number of nitro benzene ring substituents is 1. The monoisotopic (exact) mass is 355 g/mol. The first-order chi connectivity index (χ1) is 12.5. The Morgan fingerprint density at radius 1 is 1.23 bits per heavy atom. The van der Waals surface area contributed by atoms with Crippen LogP contribution in [0.2, 0.25) is 0 Å². The lowest BCUT2D eigenvalue weighted by atomic mass is 10.1. The molecule has 2 amide bonds. The first kappa shape index (κ1) is 17.7. The molecule has 0 heterocycles. The number of ether oxygens (including phenoxy) is 1. The minimum Gasteiger partial charge on any atom is -0.497 e. The van der Waals surface area contributed by atoms with Gasteiger partial charge in [0.15, 0.2) is 0 Å². The molecule has 0 aliphatic heterocycles. The van der Waals surface area contributed by atoms with Crippen molar-refractivity contribution in [2.45, 2.75) is 25.8 Å². The van der Waals surface area contributed by atoms with Crippen LogP contribution in [0.5, 0.6) is 5.75 Å². The summed E-state index contributed by atoms with van der Waals surface area (Å²) in [7, 11) is 1.58. The molecule has 2 aromatic carbocycles. The number of nitrogens with one attached hydrogen (secondary N) is 1. The second-order valence-corrected chi connectivity index (χ2v) is 6.35. The Morgan fingerprint density at radius 3 is 2.46 bits per heavy atom. The number of hydrogen-bond donors (Lipinski definition) is 1. The topological polar surface area (TPSA) is 84.7 Å². The molecule has 0 radical (unpaired) electrons. The molecule has 1 atom stereocenters. The molecule has 1 aliphatic carbocycles. The molecular weight excluding hydrogens is 334 g/mol. The number of benzene rings is 2. The van der Waals surface area contributed by atoms with Crippen LogP contribution in [0.15, 0.2) is 48.5 Å². The van der Waals surface area contributed by atoms with E-state index in [0.29, 0.717) is 11.7 Å². The average Bonchev–Trinajstić information content (AvgIpc) is 3.48. The SMILES string of the molecule is COc1ccc(N(C(=O)Nc2ccccc2[N+](=O)[O-])[C@H](C)C2CC2)cc1. The van der Waals surface area contributed by atoms with Crippen molar-refractivity contribution in [3.8, 4) is 5.75 Å². The third-order valence-corrected chi connectivity index (χ3v) is 4.62. The van der Waals surface area contributed by atoms with Gasteiger partial charge in [-0.15, -0.1) is 0 Å². The maximum atomic E-state index is 13.0. The highest BCUT2D eigenvalue weighted by atomic mass is 16.6. The fraction of sp³-hybridized carbons (Fsp3) is 0.316. The molecular formula is C19H21N3O4. The standard InChI is InChI=1S/C19H21N3O4/c1-13(14-7-8-14)21(15-9-11-16(26-2)12-10-15)19(23)20-17-5-3-4-6-18(17)22(24)25/h3-6,9-14H,7-8H2,1-2H3,(H,20,23)/t13-/m1/s1. The van der Waals surface area contributed by atoms with E-state index in [0.717, 1.165) is 18.5 Å². The van der Waals surface area contributed by atoms with E-state index in [1.165, 1.54) is 12.1 Å². The van der Waals surface area contributed by atoms with Crippen molar-refractivity contribution in [3.05, 3.63) is 58.6 Å². The molecule has 1 N–H and O–H groups in total. The molecule has 1 saturated carbocycles. The van der Waals surface area contributed by atoms with Crippen molar-refractivity contribution in [1.29, 1.82) is 0 Å². The van der Waals surface area contributed by atoms with Crippen LogP contribution in [0, 0.1) is 16.0 Å². The molecule has 0 bridgehead atoms. The second-order valence-electron chi connectivity index (χ2n) is 6.35. The van der Waals surface area contributed by atoms with Gasteiger partial charge in [-0.1, -0.05) is 12.1 Å². The number of carbonyl (C=O) groups excluding carboxylic acids is 1. The number of amides is 2. The zero-order valence-corrected chi connectivity index (χ0v) is 14.7. The highest BCUT2D eigenvalue weighted by molar-refractivity contribution is 6.03. The average molecular weight is 355 g/mol. The number of anilines is 2. The number of rotatable bonds is 6. The summed E-state index contributed by atoms with van der Waals surface area (Å²) >= 11 is 0. The summed E-state index contributed by atoms with van der Waals surface area (Å²) < 4.78 is 5.17. The van der Waals surface area contributed by atoms with E-state index >= 15 is 0 Å². The van der Waals surface area contributed by atoms with Gasteiger partial charge in [0.2, 0.25) is 0 Å². The normalized spacial score (nSPS) is 14.4. The molecule has 1 aliphatic rings. The molecule has 7 heteroatoms. The van der Waals surface area contributed by atoms with Gasteiger partial charge in [-0.05, 0) is 56.0 Å². The van der Waals surface area contributed by atoms with Crippen molar-refractivity contribution in [1.82, 2.24) is 0 Å². The molecule has 0 saturated heterocycles. The van der Waals surface area contributed by atoms with E-state index in [4.69, 9.17) is 4.74 Å². The summed E-state index contributed by atoms with van der Waals surface area (Å²) in [6, 6.07) is 13.0. The lowest BCUT2D eigenvalue weighted by Crippen LogP contribution is -2.43. The predicted molar refractivity (Wildman–Crippen MR) is 99.8 cm³/mol. The smallest absolute Gasteiger partial charge is 0.326 e. The number of methoxy groups -OCH3 is 1. The van der Waals surface area contributed by atoms with E-state index in [1.54, 1.807) is 36.3 Å². The predicted octanol–water partition coefficient (Wildman–Crippen LogP) is 4.44. The zero-order valence-electron chi connectivity index (χ0n) is 14.7. The highest BCUT2D eigenvalue weighted by Crippen LogP contribution is 2.37. The summed E-state index contributed by atoms with van der Waals surface area (Å²) in [5, 5.41) is 13.9. The third kappa shape index (κ3) is 3.77. The van der Waals surface area contributed by atoms with Crippen LogP contribution in [0.25, 0.3) is 0 Å². The van der Waals surface area contributed by atoms with Crippen LogP contribution in [0.4, 0.5) is 21.9 Å². The van der Waals surface area contributed by atoms with Gasteiger partial charge in [-0.25, -0.2) is 4.79 Å². The lowest BCUT2D eigenvalue weighted by molar-refractivity contribution is -0.383. The second kappa shape index (κ2) is 7.43. The quantitative estimate of drug-likeness (QED) is 0.613. The van der Waals surface area contributed by atoms with Crippen molar-refractivity contribution in [2.24, 2.45) is 5.92 Å². The number of nitro groups is 1. The van der Waals surface area contributed by atoms with Crippen molar-refractivity contribution >= 4 is 23.1 Å². The highest BCUT2D eigenvalue weighted by Gasteiger charge is 2.35. The summed E-state index contributed by atoms with van der Waals surface area (Å²) in [4.78, 5) is 25.3. The van der Waals surface area contributed by atoms with Crippen LogP contribution in [0.3, 0.4) is 0 Å². The Kier molecular flexibility index (Phi) is 5.06. The summed E-state index contributed by atoms with van der Waals surface area (Å²) in [5.41, 5.74) is 0.778. The van der Waals surface area contributed by atoms with E-state index < -0.39 is 4.92 Å². The number of para-hydroxylation sites is 2. The number of urea groups is 1. The first-order valence-corrected chi connectivity index (χ1v) is 8.49. The Hall–Kier alpha value is -3.09. The molecule has 136 valence electrons. The summed E-state index contributed by atoms with van der Waals surface area (Å²) in [6.45, 7) is 2.00. The molecule has 0 unspecified atom stereocenters. The molecule has 1 fully saturated rings. The fourth-order valence-electron chi connectivity index (χ4n) is 2.98. The Morgan fingerprint density at radius 2 is 1.88 bits per heavy atom. The van der Waals surface area contributed by atoms with Crippen LogP contribution >= 0.6 is 0 Å². The third-order valence-electron chi connectivity index (χ3n) is 4.62. The minimum absolute atomic E-state index is 0.00818. The molecule has 0 spiro atoms. The van der Waals surface area contributed by atoms with Crippen molar-refractivity contribution < 1.29 is 14.5 Å². The molecule has 0 aromatic heterocycles. The van der Waals surface area contributed by atoms with E-state index in [-0.39, 0.29) is 23.4 Å². The summed E-state index contributed by atoms with van der Waals surface area (Å²) in [6.07, 6.45) is 2.15. The van der Waals surface area contributed by atoms with Crippen LogP contribution in [-0.4, -0.2) is 24.1 Å². The lowest BCUT2D eigenvalue weighted by Gasteiger charge is -2.29. The van der Waals surface area contributed by atoms with Gasteiger partial charge >= 0.3 is 6.03 Å². The van der Waals surface area contributed by atoms with Gasteiger partial charge < -0.3 is 10.1 Å². The Labute approximate surface area is 151 Å². The van der Waals surface area contributed by atoms with Crippen molar-refractivity contribution in [3.63, 3.8) is 0 Å². The minimum atomic E-state index is -0.502. The molecule has 26 heavy (non-hydrogen) atoms. The van der Waals surface area contributed by atoms with Gasteiger partial charge in [0, 0.05) is 17.8 Å². The molecule has 7 nitrogen and oxygen atoms in total. The van der Waals surface area contributed by atoms with Gasteiger partial charge in [0.25, 0.3) is 5.69 Å². The molecule has 2 aromatic rings. The largest absolute Gasteiger partial charge is 0.497 e. The van der Waals surface area contributed by atoms with E-state index in [1.807, 2.05) is 19.1 Å². The summed E-state index contributed by atoms with van der Waals surface area (Å²) in [5.74, 6) is 1.14. The maximum absolute atomic E-state index is 13.0. The van der Waals surface area contributed by atoms with Gasteiger partial charge in [-0.2, -0.15) is 0 Å². The van der Waals surface area contributed by atoms with Gasteiger partial charge in [0.1, 0.15) is 11.4 Å². The van der Waals surface area contributed by atoms with Crippen LogP contribution in [0.1, 0.15) is 19.8 Å². The number of carbonyl (C=O) groups is 1. The van der Waals surface area contributed by atoms with E-state index in [9.17, 15) is 14.9 Å². The van der Waals surface area contributed by atoms with Crippen LogP contribution < -0.4 is 15.0 Å². The Bertz CT molecular complexity index is 803. The Balaban J connectivity index is 1.89. The number of hydrogen-bond acceptors (Lipinski definition) is 4. The van der Waals surface area contributed by atoms with Crippen LogP contribution in [-0.2, 0) is 0 Å². The van der Waals surface area contributed by atoms with Crippen molar-refractivity contribution in [2.75, 3.05) is 17.3 Å². The van der Waals surface area contributed by atoms with Gasteiger partial charge in [-0.3, -0.25) is 15.0 Å².